The summed E-state index contributed by atoms with van der Waals surface area (Å²) in [6.07, 6.45) is 16.0. The van der Waals surface area contributed by atoms with E-state index in [1.807, 2.05) is 12.1 Å². The van der Waals surface area contributed by atoms with Crippen LogP contribution in [-0.4, -0.2) is 0 Å². The normalized spacial score (nSPS) is 27.7. The Morgan fingerprint density at radius 3 is 1.59 bits per heavy atom. The molecule has 156 valence electrons. The Morgan fingerprint density at radius 2 is 1.07 bits per heavy atom. The van der Waals surface area contributed by atoms with Crippen LogP contribution in [0, 0.1) is 17.8 Å². The lowest BCUT2D eigenvalue weighted by Gasteiger charge is -2.32. The summed E-state index contributed by atoms with van der Waals surface area (Å²) in [5.41, 5.74) is 4.08. The van der Waals surface area contributed by atoms with Crippen molar-refractivity contribution in [1.29, 1.82) is 0 Å². The molecule has 0 aromatic heterocycles. The third-order valence-electron chi connectivity index (χ3n) is 7.93. The molecule has 4 rings (SSSR count). The molecule has 0 spiro atoms. The summed E-state index contributed by atoms with van der Waals surface area (Å²) in [4.78, 5) is 0. The number of rotatable bonds is 6. The van der Waals surface area contributed by atoms with E-state index in [-0.39, 0.29) is 0 Å². The third kappa shape index (κ3) is 5.66. The van der Waals surface area contributed by atoms with Gasteiger partial charge in [0.05, 0.1) is 0 Å². The maximum Gasteiger partial charge on any atom is 0.0406 e. The second kappa shape index (κ2) is 10.2. The minimum atomic E-state index is 0.769. The topological polar surface area (TPSA) is 0 Å². The molecule has 0 amide bonds. The van der Waals surface area contributed by atoms with E-state index >= 15 is 0 Å². The predicted octanol–water partition coefficient (Wildman–Crippen LogP) is 9.28. The Labute approximate surface area is 183 Å². The highest BCUT2D eigenvalue weighted by Gasteiger charge is 2.25. The molecule has 29 heavy (non-hydrogen) atoms. The standard InChI is InChI=1S/C28H37Cl/c1-2-21-3-5-22(6-4-21)7-8-23-9-11-24(12-10-23)25-13-15-26(16-14-25)27-17-19-28(29)20-18-27/h13-24H,2-12H2,1H3/t21-,22-,23?,24?. The smallest absolute Gasteiger partial charge is 0.0406 e. The van der Waals surface area contributed by atoms with E-state index in [1.54, 1.807) is 5.56 Å². The summed E-state index contributed by atoms with van der Waals surface area (Å²) < 4.78 is 0. The molecule has 2 aliphatic rings. The van der Waals surface area contributed by atoms with Crippen LogP contribution < -0.4 is 0 Å². The predicted molar refractivity (Wildman–Crippen MR) is 127 cm³/mol. The van der Waals surface area contributed by atoms with Gasteiger partial charge in [0.25, 0.3) is 0 Å². The van der Waals surface area contributed by atoms with Gasteiger partial charge in [0.15, 0.2) is 0 Å². The van der Waals surface area contributed by atoms with Crippen LogP contribution >= 0.6 is 11.6 Å². The first-order valence-electron chi connectivity index (χ1n) is 12.1. The molecule has 0 radical (unpaired) electrons. The van der Waals surface area contributed by atoms with Crippen molar-refractivity contribution >= 4 is 11.6 Å². The van der Waals surface area contributed by atoms with Crippen molar-refractivity contribution in [3.8, 4) is 11.1 Å². The van der Waals surface area contributed by atoms with Crippen molar-refractivity contribution in [2.45, 2.75) is 83.5 Å². The molecule has 2 fully saturated rings. The summed E-state index contributed by atoms with van der Waals surface area (Å²) in [5.74, 6) is 3.83. The van der Waals surface area contributed by atoms with E-state index in [9.17, 15) is 0 Å². The van der Waals surface area contributed by atoms with Gasteiger partial charge < -0.3 is 0 Å². The van der Waals surface area contributed by atoms with E-state index in [0.717, 1.165) is 28.7 Å². The number of hydrogen-bond donors (Lipinski definition) is 0. The van der Waals surface area contributed by atoms with Crippen LogP contribution in [0.4, 0.5) is 0 Å². The highest BCUT2D eigenvalue weighted by atomic mass is 35.5. The van der Waals surface area contributed by atoms with Crippen LogP contribution in [0.15, 0.2) is 48.5 Å². The molecule has 0 bridgehead atoms. The molecular formula is C28H37Cl. The van der Waals surface area contributed by atoms with Gasteiger partial charge in [-0.05, 0) is 78.2 Å². The highest BCUT2D eigenvalue weighted by molar-refractivity contribution is 6.30. The molecule has 2 aromatic rings. The minimum Gasteiger partial charge on any atom is -0.0843 e. The quantitative estimate of drug-likeness (QED) is 0.446. The minimum absolute atomic E-state index is 0.769. The fourth-order valence-corrected chi connectivity index (χ4v) is 5.90. The van der Waals surface area contributed by atoms with Crippen LogP contribution in [-0.2, 0) is 0 Å². The molecule has 0 unspecified atom stereocenters. The third-order valence-corrected chi connectivity index (χ3v) is 8.19. The van der Waals surface area contributed by atoms with Gasteiger partial charge >= 0.3 is 0 Å². The molecule has 0 N–H and O–H groups in total. The molecule has 0 atom stereocenters. The van der Waals surface area contributed by atoms with Crippen LogP contribution in [0.5, 0.6) is 0 Å². The lowest BCUT2D eigenvalue weighted by Crippen LogP contribution is -2.17. The Bertz CT molecular complexity index is 729. The van der Waals surface area contributed by atoms with Gasteiger partial charge in [0.2, 0.25) is 0 Å². The average Bonchev–Trinajstić information content (AvgIpc) is 2.79. The number of hydrogen-bond acceptors (Lipinski definition) is 0. The van der Waals surface area contributed by atoms with Gasteiger partial charge in [0, 0.05) is 5.02 Å². The van der Waals surface area contributed by atoms with E-state index in [4.69, 9.17) is 11.6 Å². The average molecular weight is 409 g/mol. The molecule has 1 heteroatoms. The van der Waals surface area contributed by atoms with Gasteiger partial charge in [-0.25, -0.2) is 0 Å². The van der Waals surface area contributed by atoms with Gasteiger partial charge in [-0.15, -0.1) is 0 Å². The van der Waals surface area contributed by atoms with Gasteiger partial charge in [0.1, 0.15) is 0 Å². The summed E-state index contributed by atoms with van der Waals surface area (Å²) in [5, 5.41) is 0.802. The maximum absolute atomic E-state index is 6.02. The van der Waals surface area contributed by atoms with Crippen molar-refractivity contribution in [3.63, 3.8) is 0 Å². The second-order valence-corrected chi connectivity index (χ2v) is 10.2. The van der Waals surface area contributed by atoms with Crippen LogP contribution in [0.3, 0.4) is 0 Å². The zero-order valence-electron chi connectivity index (χ0n) is 18.1. The second-order valence-electron chi connectivity index (χ2n) is 9.72. The van der Waals surface area contributed by atoms with Crippen molar-refractivity contribution in [1.82, 2.24) is 0 Å². The Kier molecular flexibility index (Phi) is 7.35. The summed E-state index contributed by atoms with van der Waals surface area (Å²) >= 11 is 6.02. The van der Waals surface area contributed by atoms with Gasteiger partial charge in [-0.1, -0.05) is 99.9 Å². The van der Waals surface area contributed by atoms with E-state index in [1.165, 1.54) is 81.8 Å². The molecule has 2 saturated carbocycles. The Balaban J connectivity index is 1.23. The SMILES string of the molecule is CC[C@H]1CC[C@H](CCC2CCC(c3ccc(-c4ccc(Cl)cc4)cc3)CC2)CC1. The molecule has 0 aliphatic heterocycles. The molecule has 2 aliphatic carbocycles. The fourth-order valence-electron chi connectivity index (χ4n) is 5.77. The molecule has 2 aromatic carbocycles. The van der Waals surface area contributed by atoms with E-state index < -0.39 is 0 Å². The lowest BCUT2D eigenvalue weighted by molar-refractivity contribution is 0.227. The van der Waals surface area contributed by atoms with Crippen molar-refractivity contribution in [3.05, 3.63) is 59.1 Å². The molecule has 0 nitrogen and oxygen atoms in total. The van der Waals surface area contributed by atoms with Gasteiger partial charge in [-0.2, -0.15) is 0 Å². The van der Waals surface area contributed by atoms with Crippen LogP contribution in [0.1, 0.15) is 89.0 Å². The number of halogens is 1. The zero-order valence-corrected chi connectivity index (χ0v) is 18.8. The van der Waals surface area contributed by atoms with Crippen LogP contribution in [0.25, 0.3) is 11.1 Å². The fraction of sp³-hybridized carbons (Fsp3) is 0.571. The molecule has 0 heterocycles. The van der Waals surface area contributed by atoms with Crippen molar-refractivity contribution in [2.75, 3.05) is 0 Å². The van der Waals surface area contributed by atoms with Gasteiger partial charge in [-0.3, -0.25) is 0 Å². The highest BCUT2D eigenvalue weighted by Crippen LogP contribution is 2.40. The van der Waals surface area contributed by atoms with Crippen molar-refractivity contribution in [2.24, 2.45) is 17.8 Å². The maximum atomic E-state index is 6.02. The first kappa shape index (κ1) is 21.0. The first-order chi connectivity index (χ1) is 14.2. The monoisotopic (exact) mass is 408 g/mol. The Morgan fingerprint density at radius 1 is 0.621 bits per heavy atom. The first-order valence-corrected chi connectivity index (χ1v) is 12.4. The van der Waals surface area contributed by atoms with Crippen molar-refractivity contribution < 1.29 is 0 Å². The lowest BCUT2D eigenvalue weighted by atomic mass is 9.74. The molecular weight excluding hydrogens is 372 g/mol. The van der Waals surface area contributed by atoms with E-state index in [0.29, 0.717) is 0 Å². The number of benzene rings is 2. The van der Waals surface area contributed by atoms with E-state index in [2.05, 4.69) is 43.3 Å². The summed E-state index contributed by atoms with van der Waals surface area (Å²) in [6, 6.07) is 17.5. The zero-order chi connectivity index (χ0) is 20.1. The summed E-state index contributed by atoms with van der Waals surface area (Å²) in [6.45, 7) is 2.37. The largest absolute Gasteiger partial charge is 0.0843 e. The molecule has 0 saturated heterocycles. The Hall–Kier alpha value is -1.27. The van der Waals surface area contributed by atoms with Crippen LogP contribution in [0.2, 0.25) is 5.02 Å². The summed E-state index contributed by atoms with van der Waals surface area (Å²) in [7, 11) is 0.